The maximum atomic E-state index is 12.1. The van der Waals surface area contributed by atoms with Crippen molar-refractivity contribution in [3.8, 4) is 0 Å². The third-order valence-corrected chi connectivity index (χ3v) is 2.99. The van der Waals surface area contributed by atoms with Crippen molar-refractivity contribution in [3.05, 3.63) is 38.7 Å². The smallest absolute Gasteiger partial charge is 0.303 e. The van der Waals surface area contributed by atoms with Gasteiger partial charge >= 0.3 is 5.69 Å². The molecular formula is C14H22N2O2. The molecule has 0 unspecified atom stereocenters. The fourth-order valence-corrected chi connectivity index (χ4v) is 1.96. The monoisotopic (exact) mass is 250 g/mol. The molecule has 0 radical (unpaired) electrons. The van der Waals surface area contributed by atoms with E-state index in [2.05, 4.69) is 19.9 Å². The van der Waals surface area contributed by atoms with E-state index in [0.717, 1.165) is 31.3 Å². The van der Waals surface area contributed by atoms with Crippen molar-refractivity contribution in [1.29, 1.82) is 0 Å². The van der Waals surface area contributed by atoms with Gasteiger partial charge in [0, 0.05) is 20.3 Å². The van der Waals surface area contributed by atoms with Gasteiger partial charge in [0.25, 0.3) is 5.56 Å². The zero-order chi connectivity index (χ0) is 13.7. The van der Waals surface area contributed by atoms with Gasteiger partial charge in [-0.15, -0.1) is 0 Å². The molecule has 1 heterocycles. The van der Waals surface area contributed by atoms with Crippen molar-refractivity contribution < 1.29 is 0 Å². The Kier molecular flexibility index (Phi) is 5.13. The standard InChI is InChI=1S/C14H22N2O2/c1-5-7-9-11(8-6-2)12-10-15(3)14(18)16(4)13(12)17/h9-10H,5-8H2,1-4H3/b11-9+. The lowest BCUT2D eigenvalue weighted by Gasteiger charge is -2.10. The van der Waals surface area contributed by atoms with Gasteiger partial charge in [0.1, 0.15) is 0 Å². The highest BCUT2D eigenvalue weighted by atomic mass is 16.2. The second kappa shape index (κ2) is 6.38. The molecule has 0 spiro atoms. The molecule has 0 aliphatic rings. The Morgan fingerprint density at radius 3 is 2.44 bits per heavy atom. The van der Waals surface area contributed by atoms with Gasteiger partial charge < -0.3 is 4.57 Å². The molecule has 0 N–H and O–H groups in total. The second-order valence-electron chi connectivity index (χ2n) is 4.57. The third kappa shape index (κ3) is 3.00. The van der Waals surface area contributed by atoms with E-state index in [1.165, 1.54) is 16.2 Å². The van der Waals surface area contributed by atoms with E-state index in [4.69, 9.17) is 0 Å². The zero-order valence-electron chi connectivity index (χ0n) is 11.7. The van der Waals surface area contributed by atoms with Crippen molar-refractivity contribution in [2.24, 2.45) is 14.1 Å². The fraction of sp³-hybridized carbons (Fsp3) is 0.571. The van der Waals surface area contributed by atoms with Gasteiger partial charge in [0.05, 0.1) is 5.56 Å². The Morgan fingerprint density at radius 2 is 1.89 bits per heavy atom. The number of allylic oxidation sites excluding steroid dienone is 2. The summed E-state index contributed by atoms with van der Waals surface area (Å²) in [5, 5.41) is 0. The molecule has 0 saturated heterocycles. The molecule has 4 nitrogen and oxygen atoms in total. The molecule has 0 fully saturated rings. The first kappa shape index (κ1) is 14.5. The summed E-state index contributed by atoms with van der Waals surface area (Å²) in [7, 11) is 3.20. The van der Waals surface area contributed by atoms with Gasteiger partial charge in [-0.05, 0) is 18.4 Å². The first-order valence-corrected chi connectivity index (χ1v) is 6.49. The summed E-state index contributed by atoms with van der Waals surface area (Å²) in [6.07, 6.45) is 7.64. The summed E-state index contributed by atoms with van der Waals surface area (Å²) in [6, 6.07) is 0. The van der Waals surface area contributed by atoms with Gasteiger partial charge in [0.2, 0.25) is 0 Å². The lowest BCUT2D eigenvalue weighted by Crippen LogP contribution is -2.38. The Morgan fingerprint density at radius 1 is 1.22 bits per heavy atom. The molecule has 0 saturated carbocycles. The highest BCUT2D eigenvalue weighted by Gasteiger charge is 2.10. The molecule has 0 amide bonds. The average molecular weight is 250 g/mol. The molecule has 1 rings (SSSR count). The highest BCUT2D eigenvalue weighted by Crippen LogP contribution is 2.17. The number of hydrogen-bond acceptors (Lipinski definition) is 2. The van der Waals surface area contributed by atoms with E-state index in [1.54, 1.807) is 13.2 Å². The van der Waals surface area contributed by atoms with Gasteiger partial charge in [-0.1, -0.05) is 32.8 Å². The first-order valence-electron chi connectivity index (χ1n) is 6.49. The van der Waals surface area contributed by atoms with Crippen LogP contribution in [0.25, 0.3) is 5.57 Å². The van der Waals surface area contributed by atoms with Crippen LogP contribution in [0.1, 0.15) is 45.1 Å². The van der Waals surface area contributed by atoms with E-state index in [0.29, 0.717) is 5.56 Å². The molecule has 0 atom stereocenters. The zero-order valence-corrected chi connectivity index (χ0v) is 11.7. The van der Waals surface area contributed by atoms with Gasteiger partial charge in [-0.2, -0.15) is 0 Å². The maximum absolute atomic E-state index is 12.1. The van der Waals surface area contributed by atoms with Crippen molar-refractivity contribution in [1.82, 2.24) is 9.13 Å². The van der Waals surface area contributed by atoms with Crippen LogP contribution in [0.3, 0.4) is 0 Å². The third-order valence-electron chi connectivity index (χ3n) is 2.99. The number of hydrogen-bond donors (Lipinski definition) is 0. The summed E-state index contributed by atoms with van der Waals surface area (Å²) >= 11 is 0. The number of nitrogens with zero attached hydrogens (tertiary/aromatic N) is 2. The Balaban J connectivity index is 3.38. The van der Waals surface area contributed by atoms with E-state index in [-0.39, 0.29) is 11.2 Å². The lowest BCUT2D eigenvalue weighted by atomic mass is 10.0. The quantitative estimate of drug-likeness (QED) is 0.803. The second-order valence-corrected chi connectivity index (χ2v) is 4.57. The number of aryl methyl sites for hydroxylation is 1. The van der Waals surface area contributed by atoms with Crippen molar-refractivity contribution in [2.75, 3.05) is 0 Å². The molecule has 4 heteroatoms. The highest BCUT2D eigenvalue weighted by molar-refractivity contribution is 5.64. The van der Waals surface area contributed by atoms with Crippen LogP contribution in [-0.2, 0) is 14.1 Å². The van der Waals surface area contributed by atoms with Crippen LogP contribution in [0.2, 0.25) is 0 Å². The van der Waals surface area contributed by atoms with Gasteiger partial charge in [-0.3, -0.25) is 9.36 Å². The summed E-state index contributed by atoms with van der Waals surface area (Å²) in [4.78, 5) is 23.8. The molecule has 0 bridgehead atoms. The Bertz CT molecular complexity index is 550. The van der Waals surface area contributed by atoms with E-state index in [9.17, 15) is 9.59 Å². The predicted octanol–water partition coefficient (Wildman–Crippen LogP) is 2.07. The Labute approximate surface area is 108 Å². The number of aromatic nitrogens is 2. The van der Waals surface area contributed by atoms with Crippen LogP contribution in [0.15, 0.2) is 21.9 Å². The van der Waals surface area contributed by atoms with Crippen LogP contribution in [-0.4, -0.2) is 9.13 Å². The molecule has 100 valence electrons. The van der Waals surface area contributed by atoms with Crippen LogP contribution < -0.4 is 11.2 Å². The average Bonchev–Trinajstić information content (AvgIpc) is 2.36. The minimum absolute atomic E-state index is 0.200. The largest absolute Gasteiger partial charge is 0.330 e. The van der Waals surface area contributed by atoms with E-state index in [1.807, 2.05) is 0 Å². The minimum Gasteiger partial charge on any atom is -0.303 e. The molecular weight excluding hydrogens is 228 g/mol. The predicted molar refractivity (Wildman–Crippen MR) is 74.7 cm³/mol. The molecule has 0 aromatic carbocycles. The normalized spacial score (nSPS) is 11.9. The van der Waals surface area contributed by atoms with E-state index >= 15 is 0 Å². The van der Waals surface area contributed by atoms with Gasteiger partial charge in [-0.25, -0.2) is 4.79 Å². The minimum atomic E-state index is -0.282. The fourth-order valence-electron chi connectivity index (χ4n) is 1.96. The molecule has 1 aromatic rings. The maximum Gasteiger partial charge on any atom is 0.330 e. The van der Waals surface area contributed by atoms with Crippen LogP contribution in [0, 0.1) is 0 Å². The van der Waals surface area contributed by atoms with Crippen LogP contribution in [0.5, 0.6) is 0 Å². The summed E-state index contributed by atoms with van der Waals surface area (Å²) in [5.41, 5.74) is 1.22. The molecule has 1 aromatic heterocycles. The number of unbranched alkanes of at least 4 members (excludes halogenated alkanes) is 1. The number of rotatable bonds is 5. The first-order chi connectivity index (χ1) is 8.52. The summed E-state index contributed by atoms with van der Waals surface area (Å²) in [5.74, 6) is 0. The topological polar surface area (TPSA) is 44.0 Å². The van der Waals surface area contributed by atoms with Crippen molar-refractivity contribution in [2.45, 2.75) is 39.5 Å². The lowest BCUT2D eigenvalue weighted by molar-refractivity contribution is 0.680. The van der Waals surface area contributed by atoms with Crippen molar-refractivity contribution >= 4 is 5.57 Å². The molecule has 18 heavy (non-hydrogen) atoms. The molecule has 0 aliphatic carbocycles. The van der Waals surface area contributed by atoms with Gasteiger partial charge in [0.15, 0.2) is 0 Å². The SMILES string of the molecule is CCC/C=C(\CCC)c1cn(C)c(=O)n(C)c1=O. The Hall–Kier alpha value is -1.58. The molecule has 0 aliphatic heterocycles. The summed E-state index contributed by atoms with van der Waals surface area (Å²) in [6.45, 7) is 4.20. The summed E-state index contributed by atoms with van der Waals surface area (Å²) < 4.78 is 2.64. The van der Waals surface area contributed by atoms with E-state index < -0.39 is 0 Å². The van der Waals surface area contributed by atoms with Crippen LogP contribution in [0.4, 0.5) is 0 Å². The van der Waals surface area contributed by atoms with Crippen molar-refractivity contribution in [3.63, 3.8) is 0 Å². The van der Waals surface area contributed by atoms with Crippen LogP contribution >= 0.6 is 0 Å².